The van der Waals surface area contributed by atoms with Crippen LogP contribution in [-0.2, 0) is 19.1 Å². The van der Waals surface area contributed by atoms with Crippen LogP contribution in [-0.4, -0.2) is 38.2 Å². The first-order chi connectivity index (χ1) is 10.1. The second-order valence-electron chi connectivity index (χ2n) is 4.16. The van der Waals surface area contributed by atoms with Gasteiger partial charge in [-0.1, -0.05) is 12.1 Å². The maximum Gasteiger partial charge on any atom is 0.330 e. The fourth-order valence-corrected chi connectivity index (χ4v) is 1.57. The third-order valence-corrected chi connectivity index (χ3v) is 2.67. The molecule has 0 bridgehead atoms. The molecule has 1 aromatic carbocycles. The Balaban J connectivity index is 2.62. The van der Waals surface area contributed by atoms with Gasteiger partial charge in [0.25, 0.3) is 5.91 Å². The molecule has 1 aromatic rings. The van der Waals surface area contributed by atoms with Gasteiger partial charge in [-0.15, -0.1) is 0 Å². The van der Waals surface area contributed by atoms with Gasteiger partial charge in [-0.05, 0) is 30.7 Å². The summed E-state index contributed by atoms with van der Waals surface area (Å²) in [6.07, 6.45) is 2.32. The molecule has 3 N–H and O–H groups in total. The van der Waals surface area contributed by atoms with Crippen LogP contribution in [0.2, 0.25) is 0 Å². The molecule has 0 aromatic heterocycles. The number of ether oxygens (including phenoxy) is 2. The zero-order valence-corrected chi connectivity index (χ0v) is 12.2. The number of hydrogen-bond donors (Lipinski definition) is 2. The van der Waals surface area contributed by atoms with Crippen molar-refractivity contribution in [3.63, 3.8) is 0 Å². The van der Waals surface area contributed by atoms with Gasteiger partial charge in [-0.2, -0.15) is 0 Å². The zero-order valence-electron chi connectivity index (χ0n) is 12.2. The molecule has 1 rings (SSSR count). The zero-order chi connectivity index (χ0) is 15.7. The van der Waals surface area contributed by atoms with Gasteiger partial charge in [0, 0.05) is 25.4 Å². The Kier molecular flexibility index (Phi) is 7.14. The Morgan fingerprint density at radius 1 is 1.33 bits per heavy atom. The van der Waals surface area contributed by atoms with Gasteiger partial charge in [-0.25, -0.2) is 4.79 Å². The summed E-state index contributed by atoms with van der Waals surface area (Å²) in [6, 6.07) is 7.00. The molecule has 0 saturated heterocycles. The Bertz CT molecular complexity index is 493. The van der Waals surface area contributed by atoms with E-state index in [0.717, 1.165) is 5.56 Å². The first-order valence-corrected chi connectivity index (χ1v) is 6.59. The fraction of sp³-hybridized carbons (Fsp3) is 0.333. The van der Waals surface area contributed by atoms with E-state index in [0.29, 0.717) is 12.3 Å². The minimum atomic E-state index is -0.673. The maximum atomic E-state index is 11.8. The summed E-state index contributed by atoms with van der Waals surface area (Å²) in [5.41, 5.74) is 6.87. The number of carbonyl (C=O) groups is 2. The summed E-state index contributed by atoms with van der Waals surface area (Å²) >= 11 is 0. The van der Waals surface area contributed by atoms with Gasteiger partial charge in [-0.3, -0.25) is 4.79 Å². The van der Waals surface area contributed by atoms with Crippen molar-refractivity contribution >= 4 is 23.6 Å². The minimum Gasteiger partial charge on any atom is -0.463 e. The molecule has 1 amide bonds. The number of amides is 1. The average Bonchev–Trinajstić information content (AvgIpc) is 2.48. The standard InChI is InChI=1S/C15H20N2O4/c1-3-21-14(18)9-6-11-4-7-12(8-5-11)17-15(19)13(10-16)20-2/h4-9,13H,3,10,16H2,1-2H3,(H,17,19)/b9-6+. The van der Waals surface area contributed by atoms with Crippen molar-refractivity contribution in [1.82, 2.24) is 0 Å². The lowest BCUT2D eigenvalue weighted by Crippen LogP contribution is -2.35. The number of carbonyl (C=O) groups excluding carboxylic acids is 2. The first kappa shape index (κ1) is 16.9. The van der Waals surface area contributed by atoms with Gasteiger partial charge in [0.2, 0.25) is 0 Å². The highest BCUT2D eigenvalue weighted by Crippen LogP contribution is 2.11. The Morgan fingerprint density at radius 2 is 2.00 bits per heavy atom. The maximum absolute atomic E-state index is 11.8. The lowest BCUT2D eigenvalue weighted by atomic mass is 10.2. The summed E-state index contributed by atoms with van der Waals surface area (Å²) in [4.78, 5) is 22.9. The van der Waals surface area contributed by atoms with Gasteiger partial charge >= 0.3 is 5.97 Å². The third kappa shape index (κ3) is 5.76. The predicted molar refractivity (Wildman–Crippen MR) is 80.6 cm³/mol. The lowest BCUT2D eigenvalue weighted by molar-refractivity contribution is -0.137. The van der Waals surface area contributed by atoms with E-state index in [-0.39, 0.29) is 18.4 Å². The number of hydrogen-bond acceptors (Lipinski definition) is 5. The van der Waals surface area contributed by atoms with Crippen molar-refractivity contribution in [1.29, 1.82) is 0 Å². The number of methoxy groups -OCH3 is 1. The quantitative estimate of drug-likeness (QED) is 0.581. The van der Waals surface area contributed by atoms with Crippen LogP contribution in [0.3, 0.4) is 0 Å². The van der Waals surface area contributed by atoms with Gasteiger partial charge in [0.05, 0.1) is 6.61 Å². The largest absolute Gasteiger partial charge is 0.463 e. The van der Waals surface area contributed by atoms with Crippen molar-refractivity contribution < 1.29 is 19.1 Å². The van der Waals surface area contributed by atoms with Crippen LogP contribution in [0.5, 0.6) is 0 Å². The Morgan fingerprint density at radius 3 is 2.52 bits per heavy atom. The van der Waals surface area contributed by atoms with E-state index in [9.17, 15) is 9.59 Å². The van der Waals surface area contributed by atoms with Crippen LogP contribution in [0.4, 0.5) is 5.69 Å². The molecule has 0 fully saturated rings. The van der Waals surface area contributed by atoms with Crippen LogP contribution < -0.4 is 11.1 Å². The molecule has 1 unspecified atom stereocenters. The molecule has 0 aliphatic heterocycles. The van der Waals surface area contributed by atoms with Gasteiger partial charge in [0.15, 0.2) is 0 Å². The van der Waals surface area contributed by atoms with E-state index in [1.807, 2.05) is 0 Å². The molecule has 114 valence electrons. The van der Waals surface area contributed by atoms with Crippen LogP contribution >= 0.6 is 0 Å². The van der Waals surface area contributed by atoms with Crippen molar-refractivity contribution in [2.24, 2.45) is 5.73 Å². The highest BCUT2D eigenvalue weighted by atomic mass is 16.5. The monoisotopic (exact) mass is 292 g/mol. The molecular weight excluding hydrogens is 272 g/mol. The fourth-order valence-electron chi connectivity index (χ4n) is 1.57. The summed E-state index contributed by atoms with van der Waals surface area (Å²) in [5.74, 6) is -0.685. The van der Waals surface area contributed by atoms with Crippen molar-refractivity contribution in [2.75, 3.05) is 25.6 Å². The van der Waals surface area contributed by atoms with Gasteiger partial charge < -0.3 is 20.5 Å². The van der Waals surface area contributed by atoms with Crippen molar-refractivity contribution in [3.8, 4) is 0 Å². The van der Waals surface area contributed by atoms with E-state index in [2.05, 4.69) is 5.32 Å². The van der Waals surface area contributed by atoms with E-state index >= 15 is 0 Å². The van der Waals surface area contributed by atoms with Crippen LogP contribution in [0.15, 0.2) is 30.3 Å². The number of benzene rings is 1. The van der Waals surface area contributed by atoms with Gasteiger partial charge in [0.1, 0.15) is 6.10 Å². The number of nitrogens with two attached hydrogens (primary N) is 1. The number of nitrogens with one attached hydrogen (secondary N) is 1. The van der Waals surface area contributed by atoms with Crippen molar-refractivity contribution in [3.05, 3.63) is 35.9 Å². The van der Waals surface area contributed by atoms with Crippen LogP contribution in [0.1, 0.15) is 12.5 Å². The van der Waals surface area contributed by atoms with E-state index in [4.69, 9.17) is 15.2 Å². The Hall–Kier alpha value is -2.18. The number of anilines is 1. The molecule has 0 saturated carbocycles. The molecular formula is C15H20N2O4. The number of rotatable bonds is 7. The molecule has 0 heterocycles. The topological polar surface area (TPSA) is 90.7 Å². The molecule has 21 heavy (non-hydrogen) atoms. The minimum absolute atomic E-state index is 0.114. The second-order valence-corrected chi connectivity index (χ2v) is 4.16. The van der Waals surface area contributed by atoms with E-state index in [1.165, 1.54) is 13.2 Å². The summed E-state index contributed by atoms with van der Waals surface area (Å²) in [5, 5.41) is 2.70. The summed E-state index contributed by atoms with van der Waals surface area (Å²) in [7, 11) is 1.43. The van der Waals surface area contributed by atoms with Crippen molar-refractivity contribution in [2.45, 2.75) is 13.0 Å². The van der Waals surface area contributed by atoms with E-state index < -0.39 is 6.10 Å². The molecule has 0 spiro atoms. The normalized spacial score (nSPS) is 12.1. The summed E-state index contributed by atoms with van der Waals surface area (Å²) < 4.78 is 9.73. The lowest BCUT2D eigenvalue weighted by Gasteiger charge is -2.13. The molecule has 0 radical (unpaired) electrons. The highest BCUT2D eigenvalue weighted by Gasteiger charge is 2.15. The van der Waals surface area contributed by atoms with E-state index in [1.54, 1.807) is 37.3 Å². The second kappa shape index (κ2) is 8.89. The predicted octanol–water partition coefficient (Wildman–Crippen LogP) is 1.18. The Labute approximate surface area is 123 Å². The number of esters is 1. The average molecular weight is 292 g/mol. The molecule has 0 aliphatic carbocycles. The summed E-state index contributed by atoms with van der Waals surface area (Å²) in [6.45, 7) is 2.20. The SMILES string of the molecule is CCOC(=O)/C=C/c1ccc(NC(=O)C(CN)OC)cc1. The van der Waals surface area contributed by atoms with Crippen LogP contribution in [0.25, 0.3) is 6.08 Å². The molecule has 1 atom stereocenters. The first-order valence-electron chi connectivity index (χ1n) is 6.59. The smallest absolute Gasteiger partial charge is 0.330 e. The van der Waals surface area contributed by atoms with Crippen LogP contribution in [0, 0.1) is 0 Å². The third-order valence-electron chi connectivity index (χ3n) is 2.67. The molecule has 0 aliphatic rings. The molecule has 6 heteroatoms. The molecule has 6 nitrogen and oxygen atoms in total. The highest BCUT2D eigenvalue weighted by molar-refractivity contribution is 5.94.